The zero-order valence-electron chi connectivity index (χ0n) is 70.0. The highest BCUT2D eigenvalue weighted by Crippen LogP contribution is 2.36. The number of aryl methyl sites for hydroxylation is 5. The van der Waals surface area contributed by atoms with E-state index < -0.39 is 17.5 Å². The van der Waals surface area contributed by atoms with Crippen LogP contribution in [0.25, 0.3) is 54.4 Å². The number of oxime groups is 4. The zero-order chi connectivity index (χ0) is 85.0. The Morgan fingerprint density at radius 3 is 1.43 bits per heavy atom. The Kier molecular flexibility index (Phi) is 29.2. The van der Waals surface area contributed by atoms with Crippen molar-refractivity contribution in [3.63, 3.8) is 0 Å². The molecule has 1 saturated heterocycles. The Morgan fingerprint density at radius 2 is 0.900 bits per heavy atom. The number of unbranched alkanes of at least 4 members (excludes halogenated alkanes) is 3. The number of likely N-dealkylation sites (tertiary alicyclic amines) is 1. The Morgan fingerprint density at radius 1 is 0.425 bits per heavy atom. The lowest BCUT2D eigenvalue weighted by molar-refractivity contribution is -0.157. The van der Waals surface area contributed by atoms with Crippen LogP contribution in [-0.4, -0.2) is 96.7 Å². The predicted molar refractivity (Wildman–Crippen MR) is 481 cm³/mol. The van der Waals surface area contributed by atoms with Gasteiger partial charge in [-0.1, -0.05) is 198 Å². The van der Waals surface area contributed by atoms with Crippen LogP contribution in [0.4, 0.5) is 0 Å². The van der Waals surface area contributed by atoms with Gasteiger partial charge in [0.15, 0.2) is 11.6 Å². The minimum atomic E-state index is -0.719. The van der Waals surface area contributed by atoms with E-state index in [2.05, 4.69) is 91.8 Å². The largest absolute Gasteiger partial charge is 0.365 e. The number of nitrogens with zero attached hydrogens (tertiary/aromatic N) is 7. The third-order valence-corrected chi connectivity index (χ3v) is 22.8. The molecule has 2 aromatic heterocycles. The molecule has 15 rings (SSSR count). The summed E-state index contributed by atoms with van der Waals surface area (Å²) in [6.07, 6.45) is 9.69. The maximum atomic E-state index is 13.4. The Hall–Kier alpha value is -12.8. The van der Waals surface area contributed by atoms with Crippen LogP contribution >= 0.6 is 11.8 Å². The Balaban J connectivity index is 0.000000151. The molecule has 0 amide bonds. The van der Waals surface area contributed by atoms with Gasteiger partial charge in [-0.25, -0.2) is 19.2 Å². The SMILES string of the molecule is CC(=O)O/N=C1\CCc2ccc3ccccc3c21.CCCCCC/C(=N/OC(=O)c1ccccc1)C(=O)c1ccc(Sc2ccccc2)cc1.CCn1c2ccc(C(=O)c3ccccc3C)cc2c2cc(/C(C)=N/OC(=O)C(C)(C)N3CCCCC3)ccc21.CCn1c2ccc(C(=O)c3ccccc3C)cc2c2cc(/C(C)=N/OC(C)=O)ccc21. The molecule has 0 radical (unpaired) electrons. The second-order valence-electron chi connectivity index (χ2n) is 30.4. The van der Waals surface area contributed by atoms with E-state index in [9.17, 15) is 33.6 Å². The van der Waals surface area contributed by atoms with Gasteiger partial charge in [-0.05, 0) is 255 Å². The molecule has 0 N–H and O–H groups in total. The second kappa shape index (κ2) is 40.5. The summed E-state index contributed by atoms with van der Waals surface area (Å²) in [5.41, 5.74) is 15.8. The number of carbonyl (C=O) groups excluding carboxylic acids is 7. The molecule has 120 heavy (non-hydrogen) atoms. The summed E-state index contributed by atoms with van der Waals surface area (Å²) in [5.74, 6) is -1.92. The minimum Gasteiger partial charge on any atom is -0.341 e. The summed E-state index contributed by atoms with van der Waals surface area (Å²) >= 11 is 1.64. The van der Waals surface area contributed by atoms with Gasteiger partial charge >= 0.3 is 23.9 Å². The fourth-order valence-electron chi connectivity index (χ4n) is 15.2. The maximum absolute atomic E-state index is 13.4. The van der Waals surface area contributed by atoms with Crippen molar-refractivity contribution in [3.8, 4) is 0 Å². The molecule has 3 heterocycles. The lowest BCUT2D eigenvalue weighted by Crippen LogP contribution is -2.52. The topological polar surface area (TPSA) is 219 Å². The first-order valence-electron chi connectivity index (χ1n) is 41.1. The van der Waals surface area contributed by atoms with Crippen molar-refractivity contribution < 1.29 is 52.9 Å². The van der Waals surface area contributed by atoms with Crippen LogP contribution in [-0.2, 0) is 53.2 Å². The van der Waals surface area contributed by atoms with Crippen molar-refractivity contribution in [2.75, 3.05) is 13.1 Å². The normalized spacial score (nSPS) is 13.4. The smallest absolute Gasteiger partial charge is 0.341 e. The number of hydrogen-bond donors (Lipinski definition) is 0. The Bertz CT molecular complexity index is 6090. The molecule has 0 saturated carbocycles. The molecule has 13 aromatic rings. The van der Waals surface area contributed by atoms with E-state index in [1.807, 2.05) is 204 Å². The van der Waals surface area contributed by atoms with Crippen molar-refractivity contribution in [1.82, 2.24) is 14.0 Å². The number of piperidine rings is 1. The molecule has 18 nitrogen and oxygen atoms in total. The van der Waals surface area contributed by atoms with Crippen LogP contribution in [0.3, 0.4) is 0 Å². The van der Waals surface area contributed by atoms with Gasteiger partial charge in [-0.3, -0.25) is 19.3 Å². The molecule has 19 heteroatoms. The lowest BCUT2D eigenvalue weighted by atomic mass is 9.97. The third kappa shape index (κ3) is 20.8. The van der Waals surface area contributed by atoms with Gasteiger partial charge in [0.2, 0.25) is 5.78 Å². The molecule has 11 aromatic carbocycles. The average molecular weight is 1620 g/mol. The first-order valence-corrected chi connectivity index (χ1v) is 41.9. The monoisotopic (exact) mass is 1620 g/mol. The molecule has 1 aliphatic heterocycles. The fraction of sp³-hybridized carbons (Fsp3) is 0.257. The minimum absolute atomic E-state index is 0.0150. The summed E-state index contributed by atoms with van der Waals surface area (Å²) < 4.78 is 4.49. The second-order valence-corrected chi connectivity index (χ2v) is 31.6. The van der Waals surface area contributed by atoms with E-state index in [4.69, 9.17) is 19.4 Å². The maximum Gasteiger partial charge on any atom is 0.365 e. The number of carbonyl (C=O) groups is 7. The number of aromatic nitrogens is 2. The van der Waals surface area contributed by atoms with Gasteiger partial charge in [0.1, 0.15) is 11.3 Å². The van der Waals surface area contributed by atoms with Gasteiger partial charge in [0.05, 0.1) is 22.7 Å². The standard InChI is InChI=1S/C33H37N3O3.C27H27NO3S.C26H24N2O3.C15H13NO2/c1-6-36-29-16-14-24(23(3)34-39-32(38)33(4,5)35-18-10-7-11-19-35)20-27(29)28-21-25(15-17-30(28)36)31(37)26-13-9-8-12-22(26)2;1-2-3-4-11-16-25(28-31-27(30)22-12-7-5-8-13-22)26(29)21-17-19-24(20-18-21)32-23-14-9-6-10-15-23;1-5-28-24-12-10-19(17(3)27-31-18(4)29)14-22(24)23-15-20(11-13-25(23)28)26(30)21-9-7-6-8-16(21)2;1-10(17)18-16-14-9-8-12-7-6-11-4-2-3-5-13(11)15(12)14/h8-9,12-17,20-21H,6-7,10-11,18-19H2,1-5H3;5-10,12-15,17-20H,2-4,11,16H2,1H3;6-15H,5H2,1-4H3;2-7H,8-9H2,1H3/b34-23+;28-25-;27-17+;16-14+. The number of fused-ring (bicyclic) bond motifs is 9. The van der Waals surface area contributed by atoms with Crippen molar-refractivity contribution >= 4 is 130 Å². The van der Waals surface area contributed by atoms with Gasteiger partial charge < -0.3 is 28.5 Å². The number of benzene rings is 11. The predicted octanol–water partition coefficient (Wildman–Crippen LogP) is 22.8. The first kappa shape index (κ1) is 86.5. The lowest BCUT2D eigenvalue weighted by Gasteiger charge is -2.38. The average Bonchev–Trinajstić information content (AvgIpc) is 1.60. The molecular weight excluding hydrogens is 1520 g/mol. The van der Waals surface area contributed by atoms with E-state index >= 15 is 0 Å². The van der Waals surface area contributed by atoms with Gasteiger partial charge in [-0.2, -0.15) is 0 Å². The van der Waals surface area contributed by atoms with E-state index in [1.54, 1.807) is 55.1 Å². The molecule has 1 aliphatic carbocycles. The molecule has 0 bridgehead atoms. The van der Waals surface area contributed by atoms with Crippen LogP contribution in [0.15, 0.2) is 273 Å². The number of ketones is 3. The van der Waals surface area contributed by atoms with Crippen molar-refractivity contribution in [2.45, 2.75) is 169 Å². The van der Waals surface area contributed by atoms with E-state index in [0.29, 0.717) is 51.2 Å². The summed E-state index contributed by atoms with van der Waals surface area (Å²) in [6.45, 7) is 23.9. The molecule has 0 spiro atoms. The molecule has 612 valence electrons. The zero-order valence-corrected chi connectivity index (χ0v) is 70.8. The fourth-order valence-corrected chi connectivity index (χ4v) is 16.0. The van der Waals surface area contributed by atoms with E-state index in [0.717, 1.165) is 164 Å². The van der Waals surface area contributed by atoms with Crippen LogP contribution < -0.4 is 0 Å². The highest BCUT2D eigenvalue weighted by Gasteiger charge is 2.37. The molecule has 1 fully saturated rings. The molecular formula is C101H101N7O11S. The third-order valence-electron chi connectivity index (χ3n) is 21.8. The van der Waals surface area contributed by atoms with Crippen LogP contribution in [0, 0.1) is 13.8 Å². The molecule has 0 unspecified atom stereocenters. The van der Waals surface area contributed by atoms with Crippen molar-refractivity contribution in [3.05, 3.63) is 309 Å². The van der Waals surface area contributed by atoms with E-state index in [1.165, 1.54) is 36.6 Å². The van der Waals surface area contributed by atoms with E-state index in [-0.39, 0.29) is 35.0 Å². The van der Waals surface area contributed by atoms with Gasteiger partial charge in [0, 0.05) is 114 Å². The summed E-state index contributed by atoms with van der Waals surface area (Å²) in [4.78, 5) is 111. The Labute approximate surface area is 704 Å². The number of rotatable bonds is 24. The van der Waals surface area contributed by atoms with Crippen LogP contribution in [0.2, 0.25) is 0 Å². The molecule has 0 atom stereocenters. The quantitative estimate of drug-likeness (QED) is 0.0181. The number of Topliss-reactive ketones (excluding diaryl/α,β-unsaturated/α-hetero) is 1. The van der Waals surface area contributed by atoms with Crippen LogP contribution in [0.5, 0.6) is 0 Å². The summed E-state index contributed by atoms with van der Waals surface area (Å²) in [6, 6.07) is 78.0. The number of hydrogen-bond acceptors (Lipinski definition) is 17. The first-order chi connectivity index (χ1) is 58.0. The van der Waals surface area contributed by atoms with Gasteiger partial charge in [0.25, 0.3) is 0 Å². The summed E-state index contributed by atoms with van der Waals surface area (Å²) in [5, 5.41) is 22.6. The van der Waals surface area contributed by atoms with Gasteiger partial charge in [-0.15, -0.1) is 0 Å². The molecule has 2 aliphatic rings. The summed E-state index contributed by atoms with van der Waals surface area (Å²) in [7, 11) is 0. The highest BCUT2D eigenvalue weighted by atomic mass is 32.2. The van der Waals surface area contributed by atoms with Crippen LogP contribution in [0.1, 0.15) is 206 Å². The highest BCUT2D eigenvalue weighted by molar-refractivity contribution is 7.99. The van der Waals surface area contributed by atoms with Crippen molar-refractivity contribution in [1.29, 1.82) is 0 Å². The van der Waals surface area contributed by atoms with Crippen molar-refractivity contribution in [2.24, 2.45) is 20.6 Å².